The van der Waals surface area contributed by atoms with Gasteiger partial charge in [0.05, 0.1) is 10.6 Å². The Morgan fingerprint density at radius 3 is 2.69 bits per heavy atom. The van der Waals surface area contributed by atoms with Crippen LogP contribution in [0.2, 0.25) is 0 Å². The molecule has 1 saturated heterocycles. The summed E-state index contributed by atoms with van der Waals surface area (Å²) in [6.45, 7) is 0.405. The Morgan fingerprint density at radius 2 is 1.90 bits per heavy atom. The number of nitrogens with one attached hydrogen (secondary N) is 1. The Hall–Kier alpha value is -3.33. The lowest BCUT2D eigenvalue weighted by Gasteiger charge is -2.18. The number of benzene rings is 2. The Bertz CT molecular complexity index is 1040. The molecule has 2 aromatic carbocycles. The van der Waals surface area contributed by atoms with E-state index >= 15 is 0 Å². The summed E-state index contributed by atoms with van der Waals surface area (Å²) in [5.41, 5.74) is 0.645. The molecule has 0 aromatic heterocycles. The monoisotopic (exact) mass is 414 g/mol. The van der Waals surface area contributed by atoms with E-state index in [1.54, 1.807) is 30.3 Å². The van der Waals surface area contributed by atoms with E-state index in [0.717, 1.165) is 16.7 Å². The molecule has 7 nitrogen and oxygen atoms in total. The van der Waals surface area contributed by atoms with Gasteiger partial charge in [-0.25, -0.2) is 4.39 Å². The average Bonchev–Trinajstić information content (AvgIpc) is 2.97. The molecule has 0 spiro atoms. The second-order valence-electron chi connectivity index (χ2n) is 6.20. The summed E-state index contributed by atoms with van der Waals surface area (Å²) in [5, 5.41) is 1.79. The highest BCUT2D eigenvalue weighted by Gasteiger charge is 2.36. The van der Waals surface area contributed by atoms with Gasteiger partial charge >= 0.3 is 0 Å². The van der Waals surface area contributed by atoms with E-state index < -0.39 is 29.4 Å². The summed E-state index contributed by atoms with van der Waals surface area (Å²) in [5.74, 6) is -0.676. The SMILES string of the molecule is O=C(CN1C(=O)S/C(=C\c2ccc3c(c2)OCCO3)C1=O)Nc1ccccc1F. The first-order chi connectivity index (χ1) is 14.0. The fourth-order valence-electron chi connectivity index (χ4n) is 2.83. The predicted octanol–water partition coefficient (Wildman–Crippen LogP) is 3.27. The standard InChI is InChI=1S/C20H15FN2O5S/c21-13-3-1-2-4-14(13)22-18(24)11-23-19(25)17(29-20(23)26)10-12-5-6-15-16(9-12)28-8-7-27-15/h1-6,9-10H,7-8,11H2,(H,22,24)/b17-10-. The molecule has 0 bridgehead atoms. The number of para-hydroxylation sites is 1. The molecule has 2 aromatic rings. The van der Waals surface area contributed by atoms with Crippen LogP contribution in [-0.2, 0) is 9.59 Å². The summed E-state index contributed by atoms with van der Waals surface area (Å²) in [6.07, 6.45) is 1.55. The molecule has 0 radical (unpaired) electrons. The van der Waals surface area contributed by atoms with E-state index in [-0.39, 0.29) is 10.6 Å². The van der Waals surface area contributed by atoms with E-state index in [1.165, 1.54) is 18.2 Å². The molecule has 3 amide bonds. The van der Waals surface area contributed by atoms with Crippen LogP contribution in [0.3, 0.4) is 0 Å². The van der Waals surface area contributed by atoms with Crippen molar-refractivity contribution in [1.29, 1.82) is 0 Å². The van der Waals surface area contributed by atoms with Crippen molar-refractivity contribution >= 4 is 40.6 Å². The first kappa shape index (κ1) is 19.0. The van der Waals surface area contributed by atoms with Crippen molar-refractivity contribution < 1.29 is 28.2 Å². The van der Waals surface area contributed by atoms with Gasteiger partial charge in [-0.15, -0.1) is 0 Å². The number of hydrogen-bond acceptors (Lipinski definition) is 6. The van der Waals surface area contributed by atoms with Gasteiger partial charge in [0.25, 0.3) is 11.1 Å². The Balaban J connectivity index is 1.46. The number of halogens is 1. The molecule has 0 saturated carbocycles. The van der Waals surface area contributed by atoms with Crippen molar-refractivity contribution in [3.05, 3.63) is 58.8 Å². The molecular formula is C20H15FN2O5S. The van der Waals surface area contributed by atoms with Crippen molar-refractivity contribution in [2.24, 2.45) is 0 Å². The van der Waals surface area contributed by atoms with Crippen LogP contribution >= 0.6 is 11.8 Å². The number of fused-ring (bicyclic) bond motifs is 1. The van der Waals surface area contributed by atoms with Crippen LogP contribution in [0.5, 0.6) is 11.5 Å². The molecule has 9 heteroatoms. The van der Waals surface area contributed by atoms with E-state index in [1.807, 2.05) is 0 Å². The molecule has 1 fully saturated rings. The summed E-state index contributed by atoms with van der Waals surface area (Å²) < 4.78 is 24.6. The average molecular weight is 414 g/mol. The maximum atomic E-state index is 13.6. The Labute approximate surface area is 169 Å². The molecule has 148 valence electrons. The second kappa shape index (κ2) is 7.96. The van der Waals surface area contributed by atoms with E-state index in [2.05, 4.69) is 5.32 Å². The first-order valence-electron chi connectivity index (χ1n) is 8.70. The third-order valence-corrected chi connectivity index (χ3v) is 5.09. The molecule has 29 heavy (non-hydrogen) atoms. The van der Waals surface area contributed by atoms with Crippen LogP contribution in [-0.4, -0.2) is 41.7 Å². The molecular weight excluding hydrogens is 399 g/mol. The minimum atomic E-state index is -0.669. The fourth-order valence-corrected chi connectivity index (χ4v) is 3.67. The summed E-state index contributed by atoms with van der Waals surface area (Å²) in [4.78, 5) is 37.9. The number of amides is 3. The predicted molar refractivity (Wildman–Crippen MR) is 105 cm³/mol. The number of rotatable bonds is 4. The molecule has 2 heterocycles. The summed E-state index contributed by atoms with van der Waals surface area (Å²) in [7, 11) is 0. The van der Waals surface area contributed by atoms with Crippen LogP contribution < -0.4 is 14.8 Å². The lowest BCUT2D eigenvalue weighted by molar-refractivity contribution is -0.127. The largest absolute Gasteiger partial charge is 0.486 e. The van der Waals surface area contributed by atoms with Crippen LogP contribution in [0.25, 0.3) is 6.08 Å². The maximum absolute atomic E-state index is 13.6. The van der Waals surface area contributed by atoms with Gasteiger partial charge in [0, 0.05) is 0 Å². The molecule has 0 aliphatic carbocycles. The van der Waals surface area contributed by atoms with Gasteiger partial charge < -0.3 is 14.8 Å². The van der Waals surface area contributed by atoms with Gasteiger partial charge in [-0.1, -0.05) is 18.2 Å². The van der Waals surface area contributed by atoms with Gasteiger partial charge in [0.15, 0.2) is 11.5 Å². The lowest BCUT2D eigenvalue weighted by Crippen LogP contribution is -2.36. The summed E-state index contributed by atoms with van der Waals surface area (Å²) in [6, 6.07) is 10.8. The number of nitrogens with zero attached hydrogens (tertiary/aromatic N) is 1. The van der Waals surface area contributed by atoms with Gasteiger partial charge in [0.1, 0.15) is 25.6 Å². The van der Waals surface area contributed by atoms with Crippen LogP contribution in [0.15, 0.2) is 47.4 Å². The number of anilines is 1. The highest BCUT2D eigenvalue weighted by molar-refractivity contribution is 8.18. The van der Waals surface area contributed by atoms with E-state index in [4.69, 9.17) is 9.47 Å². The zero-order valence-electron chi connectivity index (χ0n) is 15.0. The number of carbonyl (C=O) groups is 3. The quantitative estimate of drug-likeness (QED) is 0.773. The fraction of sp³-hybridized carbons (Fsp3) is 0.150. The normalized spacial score (nSPS) is 17.0. The topological polar surface area (TPSA) is 84.9 Å². The second-order valence-corrected chi connectivity index (χ2v) is 7.19. The number of hydrogen-bond donors (Lipinski definition) is 1. The molecule has 2 aliphatic rings. The zero-order valence-corrected chi connectivity index (χ0v) is 15.8. The number of imide groups is 1. The van der Waals surface area contributed by atoms with Gasteiger partial charge in [-0.2, -0.15) is 0 Å². The maximum Gasteiger partial charge on any atom is 0.294 e. The molecule has 2 aliphatic heterocycles. The van der Waals surface area contributed by atoms with Crippen molar-refractivity contribution in [2.75, 3.05) is 25.1 Å². The van der Waals surface area contributed by atoms with E-state index in [0.29, 0.717) is 30.3 Å². The van der Waals surface area contributed by atoms with Gasteiger partial charge in [-0.05, 0) is 47.7 Å². The minimum absolute atomic E-state index is 0.0173. The van der Waals surface area contributed by atoms with Crippen molar-refractivity contribution in [3.8, 4) is 11.5 Å². The van der Waals surface area contributed by atoms with Crippen molar-refractivity contribution in [3.63, 3.8) is 0 Å². The van der Waals surface area contributed by atoms with Crippen LogP contribution in [0, 0.1) is 5.82 Å². The Morgan fingerprint density at radius 1 is 1.14 bits per heavy atom. The lowest BCUT2D eigenvalue weighted by atomic mass is 10.1. The third kappa shape index (κ3) is 4.09. The highest BCUT2D eigenvalue weighted by atomic mass is 32.2. The zero-order chi connectivity index (χ0) is 20.4. The highest BCUT2D eigenvalue weighted by Crippen LogP contribution is 2.35. The number of carbonyl (C=O) groups excluding carboxylic acids is 3. The van der Waals surface area contributed by atoms with Crippen molar-refractivity contribution in [1.82, 2.24) is 4.90 Å². The first-order valence-corrected chi connectivity index (χ1v) is 9.52. The smallest absolute Gasteiger partial charge is 0.294 e. The molecule has 4 rings (SSSR count). The van der Waals surface area contributed by atoms with Crippen molar-refractivity contribution in [2.45, 2.75) is 0 Å². The minimum Gasteiger partial charge on any atom is -0.486 e. The van der Waals surface area contributed by atoms with Crippen LogP contribution in [0.1, 0.15) is 5.56 Å². The van der Waals surface area contributed by atoms with Crippen LogP contribution in [0.4, 0.5) is 14.9 Å². The van der Waals surface area contributed by atoms with E-state index in [9.17, 15) is 18.8 Å². The number of ether oxygens (including phenoxy) is 2. The molecule has 0 unspecified atom stereocenters. The molecule has 1 N–H and O–H groups in total. The Kier molecular flexibility index (Phi) is 5.22. The van der Waals surface area contributed by atoms with Gasteiger partial charge in [0.2, 0.25) is 5.91 Å². The van der Waals surface area contributed by atoms with Gasteiger partial charge in [-0.3, -0.25) is 19.3 Å². The third-order valence-electron chi connectivity index (χ3n) is 4.19. The molecule has 0 atom stereocenters. The summed E-state index contributed by atoms with van der Waals surface area (Å²) >= 11 is 0.738. The number of thioether (sulfide) groups is 1.